The monoisotopic (exact) mass is 348 g/mol. The van der Waals surface area contributed by atoms with Gasteiger partial charge >= 0.3 is 5.97 Å². The molecule has 2 atom stereocenters. The number of aliphatic hydroxyl groups excluding tert-OH is 1. The summed E-state index contributed by atoms with van der Waals surface area (Å²) in [7, 11) is 0. The Hall–Kier alpha value is -2.32. The lowest BCUT2D eigenvalue weighted by Crippen LogP contribution is -2.70. The molecular weight excluding hydrogens is 332 g/mol. The quantitative estimate of drug-likeness (QED) is 0.442. The van der Waals surface area contributed by atoms with E-state index in [1.54, 1.807) is 6.08 Å². The Balaban J connectivity index is 1.62. The van der Waals surface area contributed by atoms with Crippen LogP contribution in [-0.4, -0.2) is 51.8 Å². The smallest absolute Gasteiger partial charge is 0.356 e. The van der Waals surface area contributed by atoms with Gasteiger partial charge in [0, 0.05) is 5.75 Å². The van der Waals surface area contributed by atoms with E-state index in [9.17, 15) is 14.4 Å². The first kappa shape index (κ1) is 16.5. The number of carbonyl (C=O) groups is 3. The van der Waals surface area contributed by atoms with Crippen molar-refractivity contribution in [3.63, 3.8) is 0 Å². The molecule has 24 heavy (non-hydrogen) atoms. The standard InChI is InChI=1S/C16H16N2O5S/c19-9-23-16(22)11-6-7-24-15-13(14(21)18(11)15)17-12(20)8-10-4-2-1-3-5-10/h1-6,13,15,19H,7-9H2,(H,17,20)/t13?,15-/m1/s1. The third-order valence-corrected chi connectivity index (χ3v) is 4.96. The molecule has 2 heterocycles. The average Bonchev–Trinajstić information content (AvgIpc) is 2.60. The van der Waals surface area contributed by atoms with Crippen molar-refractivity contribution in [2.24, 2.45) is 0 Å². The predicted octanol–water partition coefficient (Wildman–Crippen LogP) is 0.00590. The van der Waals surface area contributed by atoms with Crippen molar-refractivity contribution >= 4 is 29.5 Å². The third kappa shape index (κ3) is 3.15. The molecule has 3 rings (SSSR count). The van der Waals surface area contributed by atoms with Crippen molar-refractivity contribution in [2.45, 2.75) is 17.8 Å². The Morgan fingerprint density at radius 3 is 2.79 bits per heavy atom. The maximum Gasteiger partial charge on any atom is 0.356 e. The predicted molar refractivity (Wildman–Crippen MR) is 86.4 cm³/mol. The van der Waals surface area contributed by atoms with Crippen molar-refractivity contribution in [1.82, 2.24) is 10.2 Å². The molecule has 7 nitrogen and oxygen atoms in total. The van der Waals surface area contributed by atoms with Gasteiger partial charge in [-0.25, -0.2) is 4.79 Å². The number of hydrogen-bond acceptors (Lipinski definition) is 6. The van der Waals surface area contributed by atoms with Crippen LogP contribution in [0.25, 0.3) is 0 Å². The fourth-order valence-corrected chi connectivity index (χ4v) is 3.86. The fraction of sp³-hybridized carbons (Fsp3) is 0.312. The summed E-state index contributed by atoms with van der Waals surface area (Å²) >= 11 is 1.46. The van der Waals surface area contributed by atoms with Crippen molar-refractivity contribution < 1.29 is 24.2 Å². The van der Waals surface area contributed by atoms with E-state index in [-0.39, 0.29) is 29.3 Å². The number of rotatable bonds is 5. The highest BCUT2D eigenvalue weighted by Gasteiger charge is 2.52. The first-order valence-electron chi connectivity index (χ1n) is 7.38. The van der Waals surface area contributed by atoms with Gasteiger partial charge in [0.1, 0.15) is 17.1 Å². The van der Waals surface area contributed by atoms with Crippen LogP contribution in [0.5, 0.6) is 0 Å². The van der Waals surface area contributed by atoms with Crippen LogP contribution in [0.1, 0.15) is 5.56 Å². The Morgan fingerprint density at radius 1 is 1.33 bits per heavy atom. The van der Waals surface area contributed by atoms with E-state index in [0.29, 0.717) is 5.75 Å². The Bertz CT molecular complexity index is 691. The summed E-state index contributed by atoms with van der Waals surface area (Å²) in [5.74, 6) is -0.816. The number of nitrogens with zero attached hydrogens (tertiary/aromatic N) is 1. The van der Waals surface area contributed by atoms with Crippen LogP contribution in [-0.2, 0) is 25.5 Å². The summed E-state index contributed by atoms with van der Waals surface area (Å²) in [6.07, 6.45) is 1.77. The van der Waals surface area contributed by atoms with Gasteiger partial charge in [0.2, 0.25) is 5.91 Å². The molecular formula is C16H16N2O5S. The molecule has 1 aromatic rings. The molecule has 126 valence electrons. The number of fused-ring (bicyclic) bond motifs is 1. The normalized spacial score (nSPS) is 22.1. The summed E-state index contributed by atoms with van der Waals surface area (Å²) in [6.45, 7) is -0.743. The highest BCUT2D eigenvalue weighted by molar-refractivity contribution is 8.00. The molecule has 0 spiro atoms. The van der Waals surface area contributed by atoms with E-state index < -0.39 is 18.8 Å². The highest BCUT2D eigenvalue weighted by Crippen LogP contribution is 2.37. The lowest BCUT2D eigenvalue weighted by atomic mass is 10.0. The van der Waals surface area contributed by atoms with E-state index in [1.807, 2.05) is 30.3 Å². The summed E-state index contributed by atoms with van der Waals surface area (Å²) in [4.78, 5) is 37.5. The van der Waals surface area contributed by atoms with Gasteiger partial charge in [0.05, 0.1) is 6.42 Å². The Morgan fingerprint density at radius 2 is 2.08 bits per heavy atom. The van der Waals surface area contributed by atoms with Crippen LogP contribution in [0.15, 0.2) is 42.1 Å². The molecule has 0 radical (unpaired) electrons. The minimum atomic E-state index is -0.745. The van der Waals surface area contributed by atoms with E-state index in [2.05, 4.69) is 10.1 Å². The number of β-lactam (4-membered cyclic amide) rings is 1. The first-order chi connectivity index (χ1) is 11.6. The van der Waals surface area contributed by atoms with Gasteiger partial charge in [-0.2, -0.15) is 0 Å². The molecule has 1 aromatic carbocycles. The molecule has 2 aliphatic rings. The maximum absolute atomic E-state index is 12.3. The van der Waals surface area contributed by atoms with Crippen molar-refractivity contribution in [1.29, 1.82) is 0 Å². The summed E-state index contributed by atoms with van der Waals surface area (Å²) in [5, 5.41) is 11.1. The van der Waals surface area contributed by atoms with Gasteiger partial charge in [-0.15, -0.1) is 11.8 Å². The lowest BCUT2D eigenvalue weighted by molar-refractivity contribution is -0.156. The first-order valence-corrected chi connectivity index (χ1v) is 8.43. The number of nitrogens with one attached hydrogen (secondary N) is 1. The highest BCUT2D eigenvalue weighted by atomic mass is 32.2. The van der Waals surface area contributed by atoms with E-state index in [1.165, 1.54) is 16.7 Å². The average molecular weight is 348 g/mol. The second-order valence-electron chi connectivity index (χ2n) is 5.29. The molecule has 0 aromatic heterocycles. The van der Waals surface area contributed by atoms with Gasteiger partial charge in [-0.1, -0.05) is 30.3 Å². The van der Waals surface area contributed by atoms with Crippen LogP contribution in [0, 0.1) is 0 Å². The number of carbonyl (C=O) groups excluding carboxylic acids is 3. The van der Waals surface area contributed by atoms with Gasteiger partial charge in [-0.3, -0.25) is 14.5 Å². The van der Waals surface area contributed by atoms with Crippen LogP contribution in [0.2, 0.25) is 0 Å². The molecule has 1 saturated heterocycles. The van der Waals surface area contributed by atoms with Crippen LogP contribution >= 0.6 is 11.8 Å². The van der Waals surface area contributed by atoms with E-state index >= 15 is 0 Å². The van der Waals surface area contributed by atoms with E-state index in [0.717, 1.165) is 5.56 Å². The van der Waals surface area contributed by atoms with Crippen LogP contribution < -0.4 is 5.32 Å². The van der Waals surface area contributed by atoms with Crippen LogP contribution in [0.3, 0.4) is 0 Å². The number of aliphatic hydroxyl groups is 1. The molecule has 0 aliphatic carbocycles. The maximum atomic E-state index is 12.3. The number of thioether (sulfide) groups is 1. The molecule has 2 amide bonds. The lowest BCUT2D eigenvalue weighted by Gasteiger charge is -2.48. The minimum absolute atomic E-state index is 0.117. The molecule has 0 bridgehead atoms. The molecule has 2 aliphatic heterocycles. The summed E-state index contributed by atoms with van der Waals surface area (Å²) in [5.41, 5.74) is 0.980. The van der Waals surface area contributed by atoms with Crippen molar-refractivity contribution in [3.05, 3.63) is 47.7 Å². The fourth-order valence-electron chi connectivity index (χ4n) is 2.67. The van der Waals surface area contributed by atoms with Gasteiger partial charge in [-0.05, 0) is 11.6 Å². The molecule has 2 N–H and O–H groups in total. The Labute approximate surface area is 142 Å². The second-order valence-corrected chi connectivity index (χ2v) is 6.44. The zero-order chi connectivity index (χ0) is 17.1. The van der Waals surface area contributed by atoms with Gasteiger partial charge in [0.15, 0.2) is 6.79 Å². The van der Waals surface area contributed by atoms with Crippen molar-refractivity contribution in [2.75, 3.05) is 12.5 Å². The van der Waals surface area contributed by atoms with Gasteiger partial charge < -0.3 is 15.2 Å². The van der Waals surface area contributed by atoms with Gasteiger partial charge in [0.25, 0.3) is 5.91 Å². The topological polar surface area (TPSA) is 95.9 Å². The zero-order valence-corrected chi connectivity index (χ0v) is 13.5. The third-order valence-electron chi connectivity index (χ3n) is 3.78. The molecule has 8 heteroatoms. The molecule has 1 unspecified atom stereocenters. The summed E-state index contributed by atoms with van der Waals surface area (Å²) < 4.78 is 4.54. The number of ether oxygens (including phenoxy) is 1. The van der Waals surface area contributed by atoms with Crippen LogP contribution in [0.4, 0.5) is 0 Å². The largest absolute Gasteiger partial charge is 0.434 e. The number of hydrogen-bond donors (Lipinski definition) is 2. The molecule has 1 fully saturated rings. The Kier molecular flexibility index (Phi) is 4.86. The SMILES string of the molecule is O=C(Cc1ccccc1)NC1C(=O)N2C(C(=O)OCO)=CCS[C@H]12. The number of esters is 1. The second kappa shape index (κ2) is 7.06. The molecule has 0 saturated carbocycles. The summed E-state index contributed by atoms with van der Waals surface area (Å²) in [6, 6.07) is 8.59. The van der Waals surface area contributed by atoms with Crippen molar-refractivity contribution in [3.8, 4) is 0 Å². The van der Waals surface area contributed by atoms with E-state index in [4.69, 9.17) is 5.11 Å². The zero-order valence-electron chi connectivity index (χ0n) is 12.7. The minimum Gasteiger partial charge on any atom is -0.434 e. The number of benzene rings is 1. The number of amides is 2.